The van der Waals surface area contributed by atoms with Crippen LogP contribution < -0.4 is 4.90 Å². The van der Waals surface area contributed by atoms with E-state index >= 15 is 0 Å². The Hall–Kier alpha value is -6.16. The van der Waals surface area contributed by atoms with Crippen LogP contribution in [0.3, 0.4) is 0 Å². The number of furan rings is 1. The van der Waals surface area contributed by atoms with Crippen molar-refractivity contribution in [2.24, 2.45) is 0 Å². The number of anilines is 3. The van der Waals surface area contributed by atoms with Crippen molar-refractivity contribution in [2.75, 3.05) is 4.90 Å². The third kappa shape index (κ3) is 4.70. The Labute approximate surface area is 287 Å². The lowest BCUT2D eigenvalue weighted by molar-refractivity contribution is 0.670. The quantitative estimate of drug-likeness (QED) is 0.186. The van der Waals surface area contributed by atoms with Crippen LogP contribution in [0.4, 0.5) is 17.1 Å². The first kappa shape index (κ1) is 27.9. The van der Waals surface area contributed by atoms with Crippen LogP contribution in [0.1, 0.15) is 0 Å². The number of rotatable bonds is 5. The van der Waals surface area contributed by atoms with Crippen LogP contribution in [-0.4, -0.2) is 0 Å². The van der Waals surface area contributed by atoms with Gasteiger partial charge in [-0.2, -0.15) is 0 Å². The molecule has 0 fully saturated rings. The van der Waals surface area contributed by atoms with Gasteiger partial charge in [-0.15, -0.1) is 11.3 Å². The van der Waals surface area contributed by atoms with E-state index < -0.39 is 0 Å². The van der Waals surface area contributed by atoms with Gasteiger partial charge < -0.3 is 9.32 Å². The molecule has 10 rings (SSSR count). The van der Waals surface area contributed by atoms with Crippen molar-refractivity contribution in [1.29, 1.82) is 0 Å². The van der Waals surface area contributed by atoms with Gasteiger partial charge in [-0.1, -0.05) is 121 Å². The molecule has 0 aliphatic rings. The van der Waals surface area contributed by atoms with Gasteiger partial charge in [0, 0.05) is 53.6 Å². The monoisotopic (exact) mass is 643 g/mol. The molecule has 0 aliphatic heterocycles. The van der Waals surface area contributed by atoms with Gasteiger partial charge in [-0.05, 0) is 82.1 Å². The van der Waals surface area contributed by atoms with Crippen LogP contribution in [0.5, 0.6) is 0 Å². The fraction of sp³-hybridized carbons (Fsp3) is 0. The molecule has 0 saturated heterocycles. The Bertz CT molecular complexity index is 2810. The molecule has 0 N–H and O–H groups in total. The molecule has 0 unspecified atom stereocenters. The lowest BCUT2D eigenvalue weighted by Gasteiger charge is -2.26. The van der Waals surface area contributed by atoms with Gasteiger partial charge in [-0.25, -0.2) is 0 Å². The van der Waals surface area contributed by atoms with E-state index in [0.29, 0.717) is 0 Å². The highest BCUT2D eigenvalue weighted by atomic mass is 32.1. The van der Waals surface area contributed by atoms with E-state index in [0.717, 1.165) is 50.1 Å². The van der Waals surface area contributed by atoms with Gasteiger partial charge in [-0.3, -0.25) is 0 Å². The zero-order chi connectivity index (χ0) is 32.3. The molecule has 3 heteroatoms. The molecular formula is C46H29NOS. The predicted octanol–water partition coefficient (Wildman–Crippen LogP) is 13.9. The maximum Gasteiger partial charge on any atom is 0.143 e. The average Bonchev–Trinajstić information content (AvgIpc) is 3.72. The summed E-state index contributed by atoms with van der Waals surface area (Å²) in [5.41, 5.74) is 9.80. The largest absolute Gasteiger partial charge is 0.455 e. The van der Waals surface area contributed by atoms with Crippen LogP contribution in [0.25, 0.3) is 75.1 Å². The van der Waals surface area contributed by atoms with Crippen LogP contribution in [0, 0.1) is 0 Å². The van der Waals surface area contributed by atoms with E-state index in [1.807, 2.05) is 23.5 Å². The normalized spacial score (nSPS) is 11.7. The maximum atomic E-state index is 6.38. The van der Waals surface area contributed by atoms with E-state index in [9.17, 15) is 0 Å². The van der Waals surface area contributed by atoms with Crippen LogP contribution >= 0.6 is 11.3 Å². The van der Waals surface area contributed by atoms with E-state index in [-0.39, 0.29) is 0 Å². The first-order chi connectivity index (χ1) is 24.3. The van der Waals surface area contributed by atoms with Crippen molar-refractivity contribution < 1.29 is 4.42 Å². The molecule has 10 aromatic rings. The topological polar surface area (TPSA) is 16.4 Å². The highest BCUT2D eigenvalue weighted by Gasteiger charge is 2.17. The molecule has 8 aromatic carbocycles. The average molecular weight is 644 g/mol. The second-order valence-corrected chi connectivity index (χ2v) is 13.6. The second kappa shape index (κ2) is 11.2. The summed E-state index contributed by atoms with van der Waals surface area (Å²) in [4.78, 5) is 2.36. The minimum atomic E-state index is 0.913. The molecule has 0 atom stereocenters. The third-order valence-corrected chi connectivity index (χ3v) is 10.8. The molecule has 0 aliphatic carbocycles. The van der Waals surface area contributed by atoms with Crippen molar-refractivity contribution in [2.45, 2.75) is 0 Å². The summed E-state index contributed by atoms with van der Waals surface area (Å²) in [5.74, 6) is 0. The Kier molecular flexibility index (Phi) is 6.39. The van der Waals surface area contributed by atoms with Gasteiger partial charge >= 0.3 is 0 Å². The zero-order valence-electron chi connectivity index (χ0n) is 26.5. The van der Waals surface area contributed by atoms with Gasteiger partial charge in [0.2, 0.25) is 0 Å². The summed E-state index contributed by atoms with van der Waals surface area (Å²) in [6.07, 6.45) is 0. The van der Waals surface area contributed by atoms with Crippen LogP contribution in [0.15, 0.2) is 180 Å². The standard InChI is InChI=1S/C46H29NOS/c1-2-9-30(10-3-1)31-17-21-35(22-18-31)47(37-25-26-40-42-27-33-11-4-5-12-34(33)28-44(42)49-45(40)29-37)36-23-19-32(20-24-36)38-14-8-15-41-39-13-6-7-16-43(39)48-46(38)41/h1-29H. The molecule has 230 valence electrons. The second-order valence-electron chi connectivity index (χ2n) is 12.6. The van der Waals surface area contributed by atoms with Crippen LogP contribution in [-0.2, 0) is 0 Å². The van der Waals surface area contributed by atoms with Crippen molar-refractivity contribution >= 4 is 81.3 Å². The fourth-order valence-corrected chi connectivity index (χ4v) is 8.40. The van der Waals surface area contributed by atoms with Crippen LogP contribution in [0.2, 0.25) is 0 Å². The maximum absolute atomic E-state index is 6.38. The van der Waals surface area contributed by atoms with Crippen molar-refractivity contribution in [3.8, 4) is 22.3 Å². The lowest BCUT2D eigenvalue weighted by atomic mass is 10.0. The highest BCUT2D eigenvalue weighted by molar-refractivity contribution is 7.25. The minimum absolute atomic E-state index is 0.913. The Morgan fingerprint density at radius 2 is 1.00 bits per heavy atom. The highest BCUT2D eigenvalue weighted by Crippen LogP contribution is 2.43. The van der Waals surface area contributed by atoms with Gasteiger partial charge in [0.1, 0.15) is 11.2 Å². The Morgan fingerprint density at radius 1 is 0.388 bits per heavy atom. The smallest absolute Gasteiger partial charge is 0.143 e. The summed E-state index contributed by atoms with van der Waals surface area (Å²) in [6, 6.07) is 63.2. The van der Waals surface area contributed by atoms with Gasteiger partial charge in [0.05, 0.1) is 0 Å². The minimum Gasteiger partial charge on any atom is -0.455 e. The molecule has 2 aromatic heterocycles. The van der Waals surface area contributed by atoms with Crippen molar-refractivity contribution in [3.05, 3.63) is 176 Å². The molecule has 0 radical (unpaired) electrons. The van der Waals surface area contributed by atoms with Crippen molar-refractivity contribution in [3.63, 3.8) is 0 Å². The van der Waals surface area contributed by atoms with Gasteiger partial charge in [0.15, 0.2) is 0 Å². The number of hydrogen-bond donors (Lipinski definition) is 0. The van der Waals surface area contributed by atoms with E-state index in [1.165, 1.54) is 42.1 Å². The molecule has 49 heavy (non-hydrogen) atoms. The predicted molar refractivity (Wildman–Crippen MR) is 210 cm³/mol. The molecule has 0 amide bonds. The number of benzene rings is 8. The number of fused-ring (bicyclic) bond motifs is 7. The SMILES string of the molecule is c1ccc(-c2ccc(N(c3ccc(-c4cccc5c4oc4ccccc45)cc3)c3ccc4c(c3)sc3cc5ccccc5cc34)cc2)cc1. The zero-order valence-corrected chi connectivity index (χ0v) is 27.3. The van der Waals surface area contributed by atoms with E-state index in [1.54, 1.807) is 0 Å². The van der Waals surface area contributed by atoms with Crippen molar-refractivity contribution in [1.82, 2.24) is 0 Å². The molecule has 0 saturated carbocycles. The first-order valence-corrected chi connectivity index (χ1v) is 17.4. The summed E-state index contributed by atoms with van der Waals surface area (Å²) in [5, 5.41) is 7.45. The number of thiophene rings is 1. The molecule has 0 bridgehead atoms. The number of para-hydroxylation sites is 2. The Balaban J connectivity index is 1.10. The number of hydrogen-bond acceptors (Lipinski definition) is 3. The number of nitrogens with zero attached hydrogens (tertiary/aromatic N) is 1. The summed E-state index contributed by atoms with van der Waals surface area (Å²) in [6.45, 7) is 0. The summed E-state index contributed by atoms with van der Waals surface area (Å²) >= 11 is 1.86. The molecule has 2 nitrogen and oxygen atoms in total. The molecular weight excluding hydrogens is 615 g/mol. The van der Waals surface area contributed by atoms with E-state index in [2.05, 4.69) is 169 Å². The van der Waals surface area contributed by atoms with Gasteiger partial charge in [0.25, 0.3) is 0 Å². The fourth-order valence-electron chi connectivity index (χ4n) is 7.24. The third-order valence-electron chi connectivity index (χ3n) is 9.65. The molecule has 2 heterocycles. The first-order valence-electron chi connectivity index (χ1n) is 16.6. The summed E-state index contributed by atoms with van der Waals surface area (Å²) in [7, 11) is 0. The summed E-state index contributed by atoms with van der Waals surface area (Å²) < 4.78 is 8.98. The lowest BCUT2D eigenvalue weighted by Crippen LogP contribution is -2.09. The van der Waals surface area contributed by atoms with E-state index in [4.69, 9.17) is 4.42 Å². The molecule has 0 spiro atoms. The Morgan fingerprint density at radius 3 is 1.80 bits per heavy atom.